The van der Waals surface area contributed by atoms with Gasteiger partial charge in [0.05, 0.1) is 6.21 Å². The fourth-order valence-corrected chi connectivity index (χ4v) is 3.06. The number of carbonyl (C=O) groups is 1. The molecule has 1 unspecified atom stereocenters. The van der Waals surface area contributed by atoms with Crippen LogP contribution in [0.5, 0.6) is 0 Å². The van der Waals surface area contributed by atoms with E-state index in [9.17, 15) is 9.35 Å². The molecule has 0 radical (unpaired) electrons. The number of nitrogens with zero attached hydrogens (tertiary/aromatic N) is 2. The largest absolute Gasteiger partial charge is 0.591 e. The minimum atomic E-state index is -1.27. The van der Waals surface area contributed by atoms with Crippen molar-refractivity contribution in [1.82, 2.24) is 4.90 Å². The van der Waals surface area contributed by atoms with Crippen molar-refractivity contribution in [3.63, 3.8) is 0 Å². The molecule has 24 heavy (non-hydrogen) atoms. The summed E-state index contributed by atoms with van der Waals surface area (Å²) in [6, 6.07) is 9.62. The number of carbonyl (C=O) groups excluding carboxylic acids is 1. The highest BCUT2D eigenvalue weighted by molar-refractivity contribution is 7.91. The molecular formula is C18H26N2O3S. The van der Waals surface area contributed by atoms with Crippen LogP contribution >= 0.6 is 0 Å². The minimum absolute atomic E-state index is 0.257. The molecule has 0 bridgehead atoms. The summed E-state index contributed by atoms with van der Waals surface area (Å²) in [4.78, 5) is 13.9. The number of benzene rings is 1. The molecule has 1 amide bonds. The normalized spacial score (nSPS) is 22.8. The van der Waals surface area contributed by atoms with E-state index in [1.165, 1.54) is 0 Å². The maximum Gasteiger partial charge on any atom is 0.410 e. The Hall–Kier alpha value is -1.53. The zero-order chi connectivity index (χ0) is 17.8. The molecule has 0 aliphatic carbocycles. The predicted molar refractivity (Wildman–Crippen MR) is 97.3 cm³/mol. The molecule has 0 spiro atoms. The molecular weight excluding hydrogens is 324 g/mol. The highest BCUT2D eigenvalue weighted by atomic mass is 32.2. The van der Waals surface area contributed by atoms with Gasteiger partial charge in [-0.05, 0) is 32.8 Å². The van der Waals surface area contributed by atoms with E-state index in [-0.39, 0.29) is 22.9 Å². The van der Waals surface area contributed by atoms with Gasteiger partial charge in [-0.25, -0.2) is 4.79 Å². The second-order valence-electron chi connectivity index (χ2n) is 7.46. The van der Waals surface area contributed by atoms with Crippen molar-refractivity contribution in [3.8, 4) is 0 Å². The number of hydrogen-bond acceptors (Lipinski definition) is 4. The summed E-state index contributed by atoms with van der Waals surface area (Å²) in [6.07, 6.45) is 2.23. The van der Waals surface area contributed by atoms with Crippen LogP contribution in [0.2, 0.25) is 0 Å². The molecule has 1 aliphatic heterocycles. The van der Waals surface area contributed by atoms with Gasteiger partial charge in [0, 0.05) is 18.5 Å². The van der Waals surface area contributed by atoms with Crippen LogP contribution in [0, 0.1) is 5.41 Å². The van der Waals surface area contributed by atoms with Crippen LogP contribution in [0.3, 0.4) is 0 Å². The molecule has 5 nitrogen and oxygen atoms in total. The lowest BCUT2D eigenvalue weighted by molar-refractivity contribution is 0.102. The van der Waals surface area contributed by atoms with Crippen LogP contribution in [0.15, 0.2) is 34.7 Å². The molecule has 2 atom stereocenters. The van der Waals surface area contributed by atoms with Gasteiger partial charge in [0.1, 0.15) is 22.7 Å². The average Bonchev–Trinajstić information content (AvgIpc) is 2.93. The van der Waals surface area contributed by atoms with Crippen molar-refractivity contribution in [3.05, 3.63) is 35.9 Å². The molecule has 132 valence electrons. The van der Waals surface area contributed by atoms with Gasteiger partial charge in [-0.15, -0.1) is 0 Å². The Morgan fingerprint density at radius 1 is 1.42 bits per heavy atom. The topological polar surface area (TPSA) is 65.0 Å². The van der Waals surface area contributed by atoms with Crippen molar-refractivity contribution in [2.24, 2.45) is 9.81 Å². The SMILES string of the molecule is CC(C)(C)[S+]([O-])N=C[C@]1(C)CCN(C(=O)OCc2ccccc2)C1. The van der Waals surface area contributed by atoms with Crippen LogP contribution in [-0.2, 0) is 22.7 Å². The number of rotatable bonds is 4. The molecule has 2 rings (SSSR count). The molecule has 1 heterocycles. The summed E-state index contributed by atoms with van der Waals surface area (Å²) >= 11 is -1.27. The van der Waals surface area contributed by atoms with E-state index in [0.717, 1.165) is 12.0 Å². The lowest BCUT2D eigenvalue weighted by atomic mass is 9.92. The summed E-state index contributed by atoms with van der Waals surface area (Å²) in [5.74, 6) is 0. The first-order valence-corrected chi connectivity index (χ1v) is 9.23. The Morgan fingerprint density at radius 3 is 2.71 bits per heavy atom. The lowest BCUT2D eigenvalue weighted by Gasteiger charge is -2.22. The summed E-state index contributed by atoms with van der Waals surface area (Å²) in [5.41, 5.74) is 0.710. The van der Waals surface area contributed by atoms with Gasteiger partial charge in [-0.1, -0.05) is 41.7 Å². The fraction of sp³-hybridized carbons (Fsp3) is 0.556. The third-order valence-corrected chi connectivity index (χ3v) is 5.30. The second kappa shape index (κ2) is 7.57. The first kappa shape index (κ1) is 18.8. The monoisotopic (exact) mass is 350 g/mol. The van der Waals surface area contributed by atoms with Gasteiger partial charge in [-0.3, -0.25) is 0 Å². The zero-order valence-electron chi connectivity index (χ0n) is 14.8. The Bertz CT molecular complexity index is 586. The fourth-order valence-electron chi connectivity index (χ4n) is 2.39. The van der Waals surface area contributed by atoms with E-state index in [1.54, 1.807) is 11.1 Å². The highest BCUT2D eigenvalue weighted by Crippen LogP contribution is 2.29. The molecule has 0 N–H and O–H groups in total. The Kier molecular flexibility index (Phi) is 5.93. The van der Waals surface area contributed by atoms with Gasteiger partial charge < -0.3 is 14.2 Å². The van der Waals surface area contributed by atoms with E-state index in [4.69, 9.17) is 4.74 Å². The first-order valence-electron chi connectivity index (χ1n) is 8.12. The number of ether oxygens (including phenoxy) is 1. The standard InChI is InChI=1S/C18H26N2O3S/c1-17(2,3)24(22)19-13-18(4)10-11-20(14-18)16(21)23-12-15-8-6-5-7-9-15/h5-9,13H,10-12,14H2,1-4H3/t18-,24?/m0/s1. The molecule has 1 aromatic rings. The van der Waals surface area contributed by atoms with E-state index < -0.39 is 11.4 Å². The lowest BCUT2D eigenvalue weighted by Crippen LogP contribution is -2.33. The Balaban J connectivity index is 1.87. The van der Waals surface area contributed by atoms with E-state index in [0.29, 0.717) is 13.1 Å². The number of amides is 1. The summed E-state index contributed by atoms with van der Waals surface area (Å²) in [6.45, 7) is 9.14. The number of hydrogen-bond donors (Lipinski definition) is 0. The van der Waals surface area contributed by atoms with E-state index in [2.05, 4.69) is 4.40 Å². The van der Waals surface area contributed by atoms with Gasteiger partial charge in [0.15, 0.2) is 0 Å². The van der Waals surface area contributed by atoms with Crippen molar-refractivity contribution >= 4 is 23.7 Å². The van der Waals surface area contributed by atoms with E-state index in [1.807, 2.05) is 58.0 Å². The van der Waals surface area contributed by atoms with Gasteiger partial charge >= 0.3 is 6.09 Å². The summed E-state index contributed by atoms with van der Waals surface area (Å²) < 4.78 is 21.2. The van der Waals surface area contributed by atoms with E-state index >= 15 is 0 Å². The smallest absolute Gasteiger partial charge is 0.410 e. The van der Waals surface area contributed by atoms with Crippen LogP contribution < -0.4 is 0 Å². The summed E-state index contributed by atoms with van der Waals surface area (Å²) in [5, 5.41) is 0. The van der Waals surface area contributed by atoms with Crippen LogP contribution in [0.1, 0.15) is 39.7 Å². The molecule has 0 saturated carbocycles. The second-order valence-corrected chi connectivity index (χ2v) is 9.40. The molecule has 1 fully saturated rings. The maximum absolute atomic E-state index is 12.2. The van der Waals surface area contributed by atoms with Crippen molar-refractivity contribution in [2.45, 2.75) is 45.5 Å². The third kappa shape index (κ3) is 5.24. The third-order valence-electron chi connectivity index (χ3n) is 3.95. The number of likely N-dealkylation sites (tertiary alicyclic amines) is 1. The molecule has 0 aromatic heterocycles. The van der Waals surface area contributed by atoms with Gasteiger partial charge in [0.25, 0.3) is 0 Å². The zero-order valence-corrected chi connectivity index (χ0v) is 15.6. The molecule has 6 heteroatoms. The van der Waals surface area contributed by atoms with Crippen molar-refractivity contribution in [1.29, 1.82) is 0 Å². The summed E-state index contributed by atoms with van der Waals surface area (Å²) in [7, 11) is 0. The van der Waals surface area contributed by atoms with Crippen molar-refractivity contribution in [2.75, 3.05) is 13.1 Å². The molecule has 1 aliphatic rings. The quantitative estimate of drug-likeness (QED) is 0.616. The van der Waals surface area contributed by atoms with Crippen LogP contribution in [0.4, 0.5) is 4.79 Å². The molecule has 1 aromatic carbocycles. The Labute approximate surface area is 147 Å². The van der Waals surface area contributed by atoms with Crippen LogP contribution in [-0.4, -0.2) is 39.6 Å². The minimum Gasteiger partial charge on any atom is -0.591 e. The van der Waals surface area contributed by atoms with Gasteiger partial charge in [0.2, 0.25) is 0 Å². The van der Waals surface area contributed by atoms with Gasteiger partial charge in [-0.2, -0.15) is 0 Å². The van der Waals surface area contributed by atoms with Crippen LogP contribution in [0.25, 0.3) is 0 Å². The highest BCUT2D eigenvalue weighted by Gasteiger charge is 2.37. The average molecular weight is 350 g/mol. The first-order chi connectivity index (χ1) is 11.2. The molecule has 1 saturated heterocycles. The maximum atomic E-state index is 12.2. The predicted octanol–water partition coefficient (Wildman–Crippen LogP) is 3.57. The Morgan fingerprint density at radius 2 is 2.08 bits per heavy atom. The van der Waals surface area contributed by atoms with Crippen molar-refractivity contribution < 1.29 is 14.1 Å².